The van der Waals surface area contributed by atoms with Gasteiger partial charge in [-0.3, -0.25) is 0 Å². The molecule has 0 radical (unpaired) electrons. The van der Waals surface area contributed by atoms with Crippen LogP contribution >= 0.6 is 11.6 Å². The molecule has 2 aromatic carbocycles. The van der Waals surface area contributed by atoms with Gasteiger partial charge in [0.1, 0.15) is 5.75 Å². The summed E-state index contributed by atoms with van der Waals surface area (Å²) in [6.07, 6.45) is -0.600. The smallest absolute Gasteiger partial charge is 0.345 e. The minimum Gasteiger partial charge on any atom is -0.478 e. The van der Waals surface area contributed by atoms with Gasteiger partial charge in [-0.15, -0.1) is 0 Å². The van der Waals surface area contributed by atoms with Crippen LogP contribution in [0.15, 0.2) is 42.5 Å². The molecule has 1 atom stereocenters. The van der Waals surface area contributed by atoms with Gasteiger partial charge in [-0.25, -0.2) is 4.79 Å². The van der Waals surface area contributed by atoms with E-state index in [1.807, 2.05) is 32.0 Å². The molecule has 1 N–H and O–H groups in total. The van der Waals surface area contributed by atoms with Crippen LogP contribution in [0.2, 0.25) is 5.02 Å². The second kappa shape index (κ2) is 6.64. The quantitative estimate of drug-likeness (QED) is 0.907. The number of benzene rings is 2. The van der Waals surface area contributed by atoms with Crippen molar-refractivity contribution in [3.8, 4) is 5.75 Å². The Morgan fingerprint density at radius 2 is 1.86 bits per heavy atom. The fraction of sp³-hybridized carbons (Fsp3) is 0.235. The summed E-state index contributed by atoms with van der Waals surface area (Å²) in [6, 6.07) is 12.6. The van der Waals surface area contributed by atoms with Crippen molar-refractivity contribution in [3.63, 3.8) is 0 Å². The molecule has 4 heteroatoms. The predicted molar refractivity (Wildman–Crippen MR) is 83.1 cm³/mol. The lowest BCUT2D eigenvalue weighted by molar-refractivity contribution is -0.145. The molecular weight excluding hydrogens is 288 g/mol. The maximum atomic E-state index is 11.4. The molecule has 0 fully saturated rings. The van der Waals surface area contributed by atoms with Crippen molar-refractivity contribution in [2.45, 2.75) is 26.4 Å². The second-order valence-electron chi connectivity index (χ2n) is 4.96. The summed E-state index contributed by atoms with van der Waals surface area (Å²) in [5.74, 6) is -0.483. The van der Waals surface area contributed by atoms with E-state index >= 15 is 0 Å². The molecule has 0 spiro atoms. The van der Waals surface area contributed by atoms with Crippen molar-refractivity contribution < 1.29 is 14.6 Å². The summed E-state index contributed by atoms with van der Waals surface area (Å²) in [4.78, 5) is 11.4. The SMILES string of the molecule is Cc1cccc(C[C@@H](Oc2ccc(Cl)cc2)C(=O)O)c1C. The number of halogens is 1. The monoisotopic (exact) mass is 304 g/mol. The van der Waals surface area contributed by atoms with E-state index in [-0.39, 0.29) is 0 Å². The Hall–Kier alpha value is -2.00. The maximum Gasteiger partial charge on any atom is 0.345 e. The van der Waals surface area contributed by atoms with Crippen molar-refractivity contribution >= 4 is 17.6 Å². The van der Waals surface area contributed by atoms with Gasteiger partial charge < -0.3 is 9.84 Å². The second-order valence-corrected chi connectivity index (χ2v) is 5.40. The molecule has 2 rings (SSSR count). The van der Waals surface area contributed by atoms with Gasteiger partial charge in [0, 0.05) is 11.4 Å². The Balaban J connectivity index is 2.18. The number of aliphatic carboxylic acids is 1. The van der Waals surface area contributed by atoms with Gasteiger partial charge in [-0.1, -0.05) is 29.8 Å². The highest BCUT2D eigenvalue weighted by molar-refractivity contribution is 6.30. The molecular formula is C17H17ClO3. The van der Waals surface area contributed by atoms with Crippen LogP contribution in [-0.4, -0.2) is 17.2 Å². The van der Waals surface area contributed by atoms with Crippen LogP contribution in [0.3, 0.4) is 0 Å². The van der Waals surface area contributed by atoms with Crippen molar-refractivity contribution in [2.75, 3.05) is 0 Å². The number of carboxylic acid groups (broad SMARTS) is 1. The normalized spacial score (nSPS) is 12.0. The number of hydrogen-bond donors (Lipinski definition) is 1. The molecule has 0 saturated heterocycles. The molecule has 0 amide bonds. The zero-order chi connectivity index (χ0) is 15.4. The first-order valence-electron chi connectivity index (χ1n) is 6.67. The van der Waals surface area contributed by atoms with Gasteiger partial charge in [0.05, 0.1) is 0 Å². The summed E-state index contributed by atoms with van der Waals surface area (Å²) in [5.41, 5.74) is 3.22. The third kappa shape index (κ3) is 3.99. The first-order valence-corrected chi connectivity index (χ1v) is 7.05. The lowest BCUT2D eigenvalue weighted by Gasteiger charge is -2.17. The average Bonchev–Trinajstić information content (AvgIpc) is 2.45. The Kier molecular flexibility index (Phi) is 4.86. The standard InChI is InChI=1S/C17H17ClO3/c1-11-4-3-5-13(12(11)2)10-16(17(19)20)21-15-8-6-14(18)7-9-15/h3-9,16H,10H2,1-2H3,(H,19,20)/t16-/m1/s1. The lowest BCUT2D eigenvalue weighted by atomic mass is 9.98. The highest BCUT2D eigenvalue weighted by atomic mass is 35.5. The number of rotatable bonds is 5. The topological polar surface area (TPSA) is 46.5 Å². The number of hydrogen-bond acceptors (Lipinski definition) is 2. The van der Waals surface area contributed by atoms with Gasteiger partial charge >= 0.3 is 5.97 Å². The van der Waals surface area contributed by atoms with Crippen molar-refractivity contribution in [2.24, 2.45) is 0 Å². The maximum absolute atomic E-state index is 11.4. The van der Waals surface area contributed by atoms with Crippen molar-refractivity contribution in [1.82, 2.24) is 0 Å². The zero-order valence-corrected chi connectivity index (χ0v) is 12.7. The van der Waals surface area contributed by atoms with Crippen molar-refractivity contribution in [3.05, 3.63) is 64.2 Å². The molecule has 0 unspecified atom stereocenters. The van der Waals surface area contributed by atoms with E-state index in [9.17, 15) is 9.90 Å². The van der Waals surface area contributed by atoms with E-state index in [0.717, 1.165) is 16.7 Å². The van der Waals surface area contributed by atoms with E-state index in [0.29, 0.717) is 17.2 Å². The molecule has 3 nitrogen and oxygen atoms in total. The molecule has 0 heterocycles. The number of carbonyl (C=O) groups is 1. The molecule has 2 aromatic rings. The van der Waals surface area contributed by atoms with Gasteiger partial charge in [0.15, 0.2) is 6.10 Å². The molecule has 0 aliphatic carbocycles. The van der Waals surface area contributed by atoms with Crippen LogP contribution in [0.5, 0.6) is 5.75 Å². The fourth-order valence-electron chi connectivity index (χ4n) is 2.09. The molecule has 0 aromatic heterocycles. The lowest BCUT2D eigenvalue weighted by Crippen LogP contribution is -2.29. The van der Waals surface area contributed by atoms with Gasteiger partial charge in [0.2, 0.25) is 0 Å². The van der Waals surface area contributed by atoms with Crippen LogP contribution < -0.4 is 4.74 Å². The summed E-state index contributed by atoms with van der Waals surface area (Å²) in [6.45, 7) is 4.00. The fourth-order valence-corrected chi connectivity index (χ4v) is 2.22. The number of carboxylic acids is 1. The average molecular weight is 305 g/mol. The number of aryl methyl sites for hydroxylation is 1. The minimum absolute atomic E-state index is 0.325. The van der Waals surface area contributed by atoms with Gasteiger partial charge in [-0.2, -0.15) is 0 Å². The first-order chi connectivity index (χ1) is 9.97. The van der Waals surface area contributed by atoms with Crippen LogP contribution in [0.1, 0.15) is 16.7 Å². The van der Waals surface area contributed by atoms with Gasteiger partial charge in [-0.05, 0) is 54.8 Å². The van der Waals surface area contributed by atoms with Crippen molar-refractivity contribution in [1.29, 1.82) is 0 Å². The molecule has 0 aliphatic heterocycles. The molecule has 110 valence electrons. The van der Waals surface area contributed by atoms with Crippen LogP contribution in [0, 0.1) is 13.8 Å². The summed E-state index contributed by atoms with van der Waals surface area (Å²) in [5, 5.41) is 9.95. The van der Waals surface area contributed by atoms with Gasteiger partial charge in [0.25, 0.3) is 0 Å². The third-order valence-corrected chi connectivity index (χ3v) is 3.74. The highest BCUT2D eigenvalue weighted by Gasteiger charge is 2.21. The van der Waals surface area contributed by atoms with E-state index in [2.05, 4.69) is 0 Å². The van der Waals surface area contributed by atoms with E-state index in [1.54, 1.807) is 24.3 Å². The predicted octanol–water partition coefficient (Wildman–Crippen LogP) is 4.03. The highest BCUT2D eigenvalue weighted by Crippen LogP contribution is 2.20. The zero-order valence-electron chi connectivity index (χ0n) is 12.0. The largest absolute Gasteiger partial charge is 0.478 e. The Morgan fingerprint density at radius 3 is 2.48 bits per heavy atom. The minimum atomic E-state index is -0.981. The van der Waals surface area contributed by atoms with E-state index in [1.165, 1.54) is 0 Å². The molecule has 21 heavy (non-hydrogen) atoms. The van der Waals surface area contributed by atoms with E-state index in [4.69, 9.17) is 16.3 Å². The molecule has 0 bridgehead atoms. The van der Waals surface area contributed by atoms with E-state index < -0.39 is 12.1 Å². The molecule has 0 saturated carbocycles. The Morgan fingerprint density at radius 1 is 1.19 bits per heavy atom. The first kappa shape index (κ1) is 15.4. The summed E-state index contributed by atoms with van der Waals surface area (Å²) >= 11 is 5.81. The molecule has 0 aliphatic rings. The third-order valence-electron chi connectivity index (χ3n) is 3.49. The van der Waals surface area contributed by atoms with Crippen LogP contribution in [0.4, 0.5) is 0 Å². The Labute approximate surface area is 129 Å². The van der Waals surface area contributed by atoms with Crippen LogP contribution in [-0.2, 0) is 11.2 Å². The van der Waals surface area contributed by atoms with Crippen LogP contribution in [0.25, 0.3) is 0 Å². The number of ether oxygens (including phenoxy) is 1. The summed E-state index contributed by atoms with van der Waals surface area (Å²) < 4.78 is 5.57. The Bertz CT molecular complexity index is 635. The summed E-state index contributed by atoms with van der Waals surface area (Å²) in [7, 11) is 0.